The first kappa shape index (κ1) is 11.1. The lowest BCUT2D eigenvalue weighted by Crippen LogP contribution is -2.24. The third kappa shape index (κ3) is 2.25. The summed E-state index contributed by atoms with van der Waals surface area (Å²) in [6, 6.07) is 9.89. The summed E-state index contributed by atoms with van der Waals surface area (Å²) in [7, 11) is 1.46. The molecule has 16 heavy (non-hydrogen) atoms. The Morgan fingerprint density at radius 1 is 1.44 bits per heavy atom. The second-order valence-corrected chi connectivity index (χ2v) is 4.16. The molecule has 0 aliphatic carbocycles. The molecule has 3 nitrogen and oxygen atoms in total. The molecule has 1 aliphatic heterocycles. The van der Waals surface area contributed by atoms with Gasteiger partial charge in [0.1, 0.15) is 0 Å². The number of hydrogen-bond acceptors (Lipinski definition) is 3. The summed E-state index contributed by atoms with van der Waals surface area (Å²) in [6.45, 7) is 1.89. The highest BCUT2D eigenvalue weighted by Gasteiger charge is 2.32. The zero-order valence-electron chi connectivity index (χ0n) is 9.48. The third-order valence-corrected chi connectivity index (χ3v) is 3.18. The van der Waals surface area contributed by atoms with Crippen molar-refractivity contribution in [3.05, 3.63) is 35.9 Å². The van der Waals surface area contributed by atoms with E-state index in [0.717, 1.165) is 25.1 Å². The average molecular weight is 219 g/mol. The third-order valence-electron chi connectivity index (χ3n) is 3.18. The highest BCUT2D eigenvalue weighted by molar-refractivity contribution is 5.78. The summed E-state index contributed by atoms with van der Waals surface area (Å²) in [5.41, 5.74) is 1.06. The van der Waals surface area contributed by atoms with E-state index in [0.29, 0.717) is 5.92 Å². The molecular formula is C13H17NO2. The first-order valence-electron chi connectivity index (χ1n) is 5.66. The van der Waals surface area contributed by atoms with E-state index in [1.165, 1.54) is 7.11 Å². The summed E-state index contributed by atoms with van der Waals surface area (Å²) in [5.74, 6) is 0.107. The Labute approximate surface area is 95.8 Å². The lowest BCUT2D eigenvalue weighted by atomic mass is 9.85. The Bertz CT molecular complexity index is 344. The van der Waals surface area contributed by atoms with E-state index >= 15 is 0 Å². The summed E-state index contributed by atoms with van der Waals surface area (Å²) in [5, 5.41) is 3.29. The van der Waals surface area contributed by atoms with Crippen LogP contribution >= 0.6 is 0 Å². The average Bonchev–Trinajstić information content (AvgIpc) is 2.84. The van der Waals surface area contributed by atoms with Crippen LogP contribution in [0.5, 0.6) is 0 Å². The van der Waals surface area contributed by atoms with Crippen molar-refractivity contribution in [2.45, 2.75) is 12.3 Å². The lowest BCUT2D eigenvalue weighted by molar-refractivity contribution is -0.143. The van der Waals surface area contributed by atoms with Crippen molar-refractivity contribution in [3.63, 3.8) is 0 Å². The summed E-state index contributed by atoms with van der Waals surface area (Å²) >= 11 is 0. The van der Waals surface area contributed by atoms with Gasteiger partial charge in [0.15, 0.2) is 0 Å². The number of esters is 1. The molecule has 1 aromatic rings. The Hall–Kier alpha value is -1.35. The molecule has 3 heteroatoms. The minimum absolute atomic E-state index is 0.124. The van der Waals surface area contributed by atoms with Crippen LogP contribution in [-0.4, -0.2) is 26.2 Å². The molecule has 0 spiro atoms. The maximum Gasteiger partial charge on any atom is 0.313 e. The van der Waals surface area contributed by atoms with E-state index in [9.17, 15) is 4.79 Å². The quantitative estimate of drug-likeness (QED) is 0.784. The number of nitrogens with one attached hydrogen (secondary N) is 1. The predicted octanol–water partition coefficient (Wildman–Crippen LogP) is 1.55. The van der Waals surface area contributed by atoms with Gasteiger partial charge in [-0.25, -0.2) is 0 Å². The molecule has 2 rings (SSSR count). The van der Waals surface area contributed by atoms with Crippen LogP contribution in [-0.2, 0) is 9.53 Å². The highest BCUT2D eigenvalue weighted by Crippen LogP contribution is 2.30. The van der Waals surface area contributed by atoms with E-state index in [4.69, 9.17) is 4.74 Å². The fraction of sp³-hybridized carbons (Fsp3) is 0.462. The van der Waals surface area contributed by atoms with Crippen LogP contribution < -0.4 is 5.32 Å². The fourth-order valence-electron chi connectivity index (χ4n) is 2.35. The van der Waals surface area contributed by atoms with Gasteiger partial charge in [-0.3, -0.25) is 4.79 Å². The highest BCUT2D eigenvalue weighted by atomic mass is 16.5. The number of ether oxygens (including phenoxy) is 1. The van der Waals surface area contributed by atoms with Gasteiger partial charge in [0.05, 0.1) is 13.0 Å². The molecule has 1 aliphatic rings. The molecule has 0 bridgehead atoms. The van der Waals surface area contributed by atoms with Gasteiger partial charge in [-0.15, -0.1) is 0 Å². The van der Waals surface area contributed by atoms with Crippen LogP contribution in [0.4, 0.5) is 0 Å². The van der Waals surface area contributed by atoms with E-state index < -0.39 is 0 Å². The minimum Gasteiger partial charge on any atom is -0.469 e. The van der Waals surface area contributed by atoms with E-state index in [-0.39, 0.29) is 11.9 Å². The SMILES string of the molecule is COC(=O)C(c1ccccc1)C1CCNC1. The molecule has 1 fully saturated rings. The molecule has 2 atom stereocenters. The van der Waals surface area contributed by atoms with Crippen LogP contribution in [0.1, 0.15) is 17.9 Å². The number of rotatable bonds is 3. The fourth-order valence-corrected chi connectivity index (χ4v) is 2.35. The van der Waals surface area contributed by atoms with Crippen molar-refractivity contribution in [3.8, 4) is 0 Å². The van der Waals surface area contributed by atoms with Gasteiger partial charge in [-0.2, -0.15) is 0 Å². The minimum atomic E-state index is -0.125. The number of carbonyl (C=O) groups is 1. The molecule has 86 valence electrons. The van der Waals surface area contributed by atoms with Gasteiger partial charge in [-0.1, -0.05) is 30.3 Å². The molecule has 1 saturated heterocycles. The van der Waals surface area contributed by atoms with Gasteiger partial charge in [-0.05, 0) is 31.0 Å². The Morgan fingerprint density at radius 3 is 2.75 bits per heavy atom. The van der Waals surface area contributed by atoms with E-state index in [1.807, 2.05) is 30.3 Å². The molecule has 1 aromatic carbocycles. The van der Waals surface area contributed by atoms with Crippen molar-refractivity contribution < 1.29 is 9.53 Å². The van der Waals surface area contributed by atoms with Crippen molar-refractivity contribution in [2.24, 2.45) is 5.92 Å². The molecule has 0 radical (unpaired) electrons. The molecule has 1 heterocycles. The topological polar surface area (TPSA) is 38.3 Å². The van der Waals surface area contributed by atoms with E-state index in [1.54, 1.807) is 0 Å². The smallest absolute Gasteiger partial charge is 0.313 e. The Kier molecular flexibility index (Phi) is 3.57. The van der Waals surface area contributed by atoms with Crippen molar-refractivity contribution >= 4 is 5.97 Å². The van der Waals surface area contributed by atoms with Crippen LogP contribution in [0.2, 0.25) is 0 Å². The molecule has 1 N–H and O–H groups in total. The van der Waals surface area contributed by atoms with Crippen molar-refractivity contribution in [1.29, 1.82) is 0 Å². The number of carbonyl (C=O) groups excluding carboxylic acids is 1. The molecule has 0 amide bonds. The zero-order valence-corrected chi connectivity index (χ0v) is 9.48. The lowest BCUT2D eigenvalue weighted by Gasteiger charge is -2.20. The molecule has 2 unspecified atom stereocenters. The summed E-state index contributed by atoms with van der Waals surface area (Å²) < 4.78 is 4.91. The number of methoxy groups -OCH3 is 1. The maximum absolute atomic E-state index is 11.8. The van der Waals surface area contributed by atoms with Gasteiger partial charge >= 0.3 is 5.97 Å². The van der Waals surface area contributed by atoms with Gasteiger partial charge in [0, 0.05) is 0 Å². The second kappa shape index (κ2) is 5.12. The van der Waals surface area contributed by atoms with Gasteiger partial charge in [0.25, 0.3) is 0 Å². The Morgan fingerprint density at radius 2 is 2.19 bits per heavy atom. The standard InChI is InChI=1S/C13H17NO2/c1-16-13(15)12(11-7-8-14-9-11)10-5-3-2-4-6-10/h2-6,11-12,14H,7-9H2,1H3. The van der Waals surface area contributed by atoms with Crippen LogP contribution in [0, 0.1) is 5.92 Å². The molecule has 0 saturated carbocycles. The summed E-state index contributed by atoms with van der Waals surface area (Å²) in [4.78, 5) is 11.8. The summed E-state index contributed by atoms with van der Waals surface area (Å²) in [6.07, 6.45) is 1.04. The normalized spacial score (nSPS) is 21.7. The van der Waals surface area contributed by atoms with Crippen LogP contribution in [0.3, 0.4) is 0 Å². The molecule has 0 aromatic heterocycles. The maximum atomic E-state index is 11.8. The van der Waals surface area contributed by atoms with Crippen LogP contribution in [0.15, 0.2) is 30.3 Å². The second-order valence-electron chi connectivity index (χ2n) is 4.16. The number of benzene rings is 1. The van der Waals surface area contributed by atoms with Crippen LogP contribution in [0.25, 0.3) is 0 Å². The zero-order chi connectivity index (χ0) is 11.4. The van der Waals surface area contributed by atoms with E-state index in [2.05, 4.69) is 5.32 Å². The van der Waals surface area contributed by atoms with Gasteiger partial charge < -0.3 is 10.1 Å². The Balaban J connectivity index is 2.24. The first-order chi connectivity index (χ1) is 7.83. The first-order valence-corrected chi connectivity index (χ1v) is 5.66. The van der Waals surface area contributed by atoms with Crippen molar-refractivity contribution in [1.82, 2.24) is 5.32 Å². The molecular weight excluding hydrogens is 202 g/mol. The largest absolute Gasteiger partial charge is 0.469 e. The number of hydrogen-bond donors (Lipinski definition) is 1. The predicted molar refractivity (Wildman–Crippen MR) is 62.2 cm³/mol. The van der Waals surface area contributed by atoms with Crippen molar-refractivity contribution in [2.75, 3.05) is 20.2 Å². The monoisotopic (exact) mass is 219 g/mol. The van der Waals surface area contributed by atoms with Gasteiger partial charge in [0.2, 0.25) is 0 Å².